The highest BCUT2D eigenvalue weighted by atomic mass is 16.5. The van der Waals surface area contributed by atoms with E-state index in [2.05, 4.69) is 45.1 Å². The highest BCUT2D eigenvalue weighted by molar-refractivity contribution is 5.53. The topological polar surface area (TPSA) is 74.8 Å². The zero-order valence-electron chi connectivity index (χ0n) is 18.3. The lowest BCUT2D eigenvalue weighted by atomic mass is 10.1. The predicted molar refractivity (Wildman–Crippen MR) is 122 cm³/mol. The quantitative estimate of drug-likeness (QED) is 0.581. The molecule has 1 saturated heterocycles. The number of nitrogens with zero attached hydrogens (tertiary/aromatic N) is 4. The van der Waals surface area contributed by atoms with Crippen molar-refractivity contribution >= 4 is 11.6 Å². The Morgan fingerprint density at radius 1 is 0.875 bits per heavy atom. The van der Waals surface area contributed by atoms with Crippen molar-refractivity contribution < 1.29 is 13.9 Å². The maximum atomic E-state index is 9.65. The Morgan fingerprint density at radius 2 is 1.47 bits per heavy atom. The summed E-state index contributed by atoms with van der Waals surface area (Å²) in [6.07, 6.45) is 0.988. The highest BCUT2D eigenvalue weighted by Gasteiger charge is 2.44. The van der Waals surface area contributed by atoms with Crippen LogP contribution in [0.2, 0.25) is 0 Å². The smallest absolute Gasteiger partial charge is 0.234 e. The highest BCUT2D eigenvalue weighted by Crippen LogP contribution is 2.55. The Morgan fingerprint density at radius 3 is 2.06 bits per heavy atom. The summed E-state index contributed by atoms with van der Waals surface area (Å²) < 4.78 is 16.7. The van der Waals surface area contributed by atoms with Crippen molar-refractivity contribution in [2.45, 2.75) is 18.3 Å². The molecule has 2 aromatic carbocycles. The molecule has 0 bridgehead atoms. The van der Waals surface area contributed by atoms with Crippen LogP contribution in [0.4, 0.5) is 11.6 Å². The van der Waals surface area contributed by atoms with Gasteiger partial charge in [0.1, 0.15) is 17.6 Å². The maximum absolute atomic E-state index is 9.65. The van der Waals surface area contributed by atoms with E-state index in [1.54, 1.807) is 14.2 Å². The third kappa shape index (κ3) is 3.84. The molecule has 7 nitrogen and oxygen atoms in total. The normalized spacial score (nSPS) is 20.0. The summed E-state index contributed by atoms with van der Waals surface area (Å²) in [7, 11) is 3.34. The van der Waals surface area contributed by atoms with Crippen LogP contribution in [0, 0.1) is 11.3 Å². The van der Waals surface area contributed by atoms with Gasteiger partial charge in [0, 0.05) is 37.8 Å². The molecule has 1 saturated carbocycles. The molecule has 0 amide bonds. The van der Waals surface area contributed by atoms with E-state index in [1.165, 1.54) is 11.3 Å². The van der Waals surface area contributed by atoms with Gasteiger partial charge in [0.2, 0.25) is 17.5 Å². The molecule has 1 aliphatic heterocycles. The van der Waals surface area contributed by atoms with Crippen LogP contribution in [0.3, 0.4) is 0 Å². The molecule has 32 heavy (non-hydrogen) atoms. The summed E-state index contributed by atoms with van der Waals surface area (Å²) >= 11 is 0. The predicted octanol–water partition coefficient (Wildman–Crippen LogP) is 4.16. The van der Waals surface area contributed by atoms with Gasteiger partial charge < -0.3 is 23.7 Å². The van der Waals surface area contributed by atoms with Gasteiger partial charge in [-0.3, -0.25) is 0 Å². The zero-order valence-corrected chi connectivity index (χ0v) is 18.3. The number of hydrogen-bond donors (Lipinski definition) is 0. The number of benzene rings is 2. The van der Waals surface area contributed by atoms with E-state index in [4.69, 9.17) is 13.9 Å². The molecule has 3 aromatic rings. The first-order valence-electron chi connectivity index (χ1n) is 10.9. The molecule has 1 aliphatic carbocycles. The van der Waals surface area contributed by atoms with Gasteiger partial charge in [0.25, 0.3) is 0 Å². The molecular formula is C25H26N4O3. The van der Waals surface area contributed by atoms with E-state index in [-0.39, 0.29) is 5.92 Å². The molecule has 2 unspecified atom stereocenters. The van der Waals surface area contributed by atoms with Crippen LogP contribution < -0.4 is 19.3 Å². The number of anilines is 2. The fourth-order valence-corrected chi connectivity index (χ4v) is 4.42. The van der Waals surface area contributed by atoms with Crippen molar-refractivity contribution in [1.29, 1.82) is 5.26 Å². The number of rotatable bonds is 6. The van der Waals surface area contributed by atoms with E-state index in [9.17, 15) is 5.26 Å². The third-order valence-corrected chi connectivity index (χ3v) is 6.39. The Kier molecular flexibility index (Phi) is 5.36. The molecule has 1 aromatic heterocycles. The molecule has 0 spiro atoms. The van der Waals surface area contributed by atoms with Crippen LogP contribution in [-0.4, -0.2) is 45.4 Å². The zero-order chi connectivity index (χ0) is 22.1. The molecule has 2 heterocycles. The summed E-state index contributed by atoms with van der Waals surface area (Å²) in [5.74, 6) is 3.60. The fraction of sp³-hybridized carbons (Fsp3) is 0.360. The van der Waals surface area contributed by atoms with Gasteiger partial charge in [-0.25, -0.2) is 4.98 Å². The number of methoxy groups -OCH3 is 2. The van der Waals surface area contributed by atoms with Crippen LogP contribution in [0.1, 0.15) is 35.4 Å². The molecule has 0 radical (unpaired) electrons. The molecule has 5 rings (SSSR count). The lowest BCUT2D eigenvalue weighted by Crippen LogP contribution is -2.46. The summed E-state index contributed by atoms with van der Waals surface area (Å²) in [5.41, 5.74) is 2.81. The first kappa shape index (κ1) is 20.3. The molecule has 2 fully saturated rings. The number of piperazine rings is 1. The van der Waals surface area contributed by atoms with Gasteiger partial charge in [-0.2, -0.15) is 5.26 Å². The lowest BCUT2D eigenvalue weighted by molar-refractivity contribution is 0.414. The van der Waals surface area contributed by atoms with Crippen LogP contribution in [0.25, 0.3) is 0 Å². The van der Waals surface area contributed by atoms with Crippen molar-refractivity contribution in [2.75, 3.05) is 50.2 Å². The van der Waals surface area contributed by atoms with Crippen molar-refractivity contribution in [2.24, 2.45) is 0 Å². The Labute approximate surface area is 187 Å². The van der Waals surface area contributed by atoms with Crippen molar-refractivity contribution in [3.8, 4) is 17.6 Å². The standard InChI is InChI=1S/C25H26N4O3/c1-30-19-7-3-17(4-8-19)21-15-22(21)24-27-23(16-26)25(32-24)29-13-11-28(12-14-29)18-5-9-20(31-2)10-6-18/h3-10,21-22H,11-15H2,1-2H3. The maximum Gasteiger partial charge on any atom is 0.234 e. The van der Waals surface area contributed by atoms with E-state index in [0.717, 1.165) is 44.1 Å². The summed E-state index contributed by atoms with van der Waals surface area (Å²) in [6, 6.07) is 18.5. The van der Waals surface area contributed by atoms with Crippen LogP contribution >= 0.6 is 0 Å². The Bertz CT molecular complexity index is 1110. The van der Waals surface area contributed by atoms with Crippen LogP contribution in [-0.2, 0) is 0 Å². The first-order valence-corrected chi connectivity index (χ1v) is 10.9. The minimum absolute atomic E-state index is 0.227. The molecule has 2 atom stereocenters. The van der Waals surface area contributed by atoms with Gasteiger partial charge in [-0.1, -0.05) is 12.1 Å². The largest absolute Gasteiger partial charge is 0.497 e. The second-order valence-corrected chi connectivity index (χ2v) is 8.21. The molecular weight excluding hydrogens is 404 g/mol. The number of nitriles is 1. The Balaban J connectivity index is 1.25. The van der Waals surface area contributed by atoms with Crippen molar-refractivity contribution in [1.82, 2.24) is 4.98 Å². The van der Waals surface area contributed by atoms with Crippen molar-refractivity contribution in [3.05, 3.63) is 65.7 Å². The van der Waals surface area contributed by atoms with E-state index in [1.807, 2.05) is 24.3 Å². The van der Waals surface area contributed by atoms with Gasteiger partial charge in [0.05, 0.1) is 14.2 Å². The minimum Gasteiger partial charge on any atom is -0.497 e. The minimum atomic E-state index is 0.227. The molecule has 7 heteroatoms. The van der Waals surface area contributed by atoms with Crippen LogP contribution in [0.15, 0.2) is 52.9 Å². The molecule has 2 aliphatic rings. The van der Waals surface area contributed by atoms with Gasteiger partial charge >= 0.3 is 0 Å². The Hall–Kier alpha value is -3.66. The first-order chi connectivity index (χ1) is 15.7. The molecule has 164 valence electrons. The van der Waals surface area contributed by atoms with Gasteiger partial charge in [-0.15, -0.1) is 0 Å². The number of oxazole rings is 1. The average molecular weight is 431 g/mol. The van der Waals surface area contributed by atoms with Crippen LogP contribution in [0.5, 0.6) is 11.5 Å². The summed E-state index contributed by atoms with van der Waals surface area (Å²) in [5, 5.41) is 9.65. The van der Waals surface area contributed by atoms with Crippen molar-refractivity contribution in [3.63, 3.8) is 0 Å². The summed E-state index contributed by atoms with van der Waals surface area (Å²) in [6.45, 7) is 3.26. The number of hydrogen-bond acceptors (Lipinski definition) is 7. The lowest BCUT2D eigenvalue weighted by Gasteiger charge is -2.35. The third-order valence-electron chi connectivity index (χ3n) is 6.39. The SMILES string of the molecule is COc1ccc(C2CC2c2nc(C#N)c(N3CCN(c4ccc(OC)cc4)CC3)o2)cc1. The van der Waals surface area contributed by atoms with E-state index >= 15 is 0 Å². The second kappa shape index (κ2) is 8.46. The van der Waals surface area contributed by atoms with E-state index in [0.29, 0.717) is 23.4 Å². The van der Waals surface area contributed by atoms with E-state index < -0.39 is 0 Å². The van der Waals surface area contributed by atoms with Gasteiger partial charge in [0.15, 0.2) is 0 Å². The fourth-order valence-electron chi connectivity index (χ4n) is 4.42. The average Bonchev–Trinajstić information content (AvgIpc) is 3.55. The summed E-state index contributed by atoms with van der Waals surface area (Å²) in [4.78, 5) is 9.02. The number of aromatic nitrogens is 1. The second-order valence-electron chi connectivity index (χ2n) is 8.21. The number of ether oxygens (including phenoxy) is 2. The monoisotopic (exact) mass is 430 g/mol. The van der Waals surface area contributed by atoms with Gasteiger partial charge in [-0.05, 0) is 54.3 Å². The molecule has 0 N–H and O–H groups in total.